The van der Waals surface area contributed by atoms with Crippen LogP contribution in [0.3, 0.4) is 0 Å². The van der Waals surface area contributed by atoms with E-state index in [0.29, 0.717) is 0 Å². The summed E-state index contributed by atoms with van der Waals surface area (Å²) in [6.07, 6.45) is 1.78. The Bertz CT molecular complexity index is 99.8. The Hall–Kier alpha value is -0.570. The third kappa shape index (κ3) is 3.45. The second kappa shape index (κ2) is 5.23. The zero-order valence-corrected chi connectivity index (χ0v) is 6.52. The van der Waals surface area contributed by atoms with Crippen molar-refractivity contribution < 1.29 is 9.90 Å². The van der Waals surface area contributed by atoms with E-state index in [2.05, 4.69) is 5.32 Å². The van der Waals surface area contributed by atoms with Gasteiger partial charge in [-0.25, -0.2) is 5.11 Å². The van der Waals surface area contributed by atoms with Crippen molar-refractivity contribution in [2.45, 2.75) is 32.7 Å². The van der Waals surface area contributed by atoms with Gasteiger partial charge in [0.2, 0.25) is 5.91 Å². The molecule has 59 valence electrons. The standard InChI is InChI=1S/C7H14NO2/c1-3-6(4-2)8-7(10)5-9/h6H,3-5H2,1-2H3,(H,8,10). The second-order valence-corrected chi connectivity index (χ2v) is 2.23. The minimum Gasteiger partial charge on any atom is -0.351 e. The minimum absolute atomic E-state index is 0.182. The highest BCUT2D eigenvalue weighted by molar-refractivity contribution is 5.77. The number of rotatable bonds is 4. The molecule has 0 aliphatic carbocycles. The molecule has 0 aromatic heterocycles. The Morgan fingerprint density at radius 2 is 1.90 bits per heavy atom. The van der Waals surface area contributed by atoms with Gasteiger partial charge in [0.25, 0.3) is 0 Å². The number of hydrogen-bond donors (Lipinski definition) is 1. The van der Waals surface area contributed by atoms with E-state index < -0.39 is 12.5 Å². The molecule has 1 radical (unpaired) electrons. The van der Waals surface area contributed by atoms with Crippen molar-refractivity contribution in [3.63, 3.8) is 0 Å². The predicted molar refractivity (Wildman–Crippen MR) is 38.1 cm³/mol. The highest BCUT2D eigenvalue weighted by Gasteiger charge is 2.05. The van der Waals surface area contributed by atoms with Crippen molar-refractivity contribution in [2.24, 2.45) is 0 Å². The average Bonchev–Trinajstić information content (AvgIpc) is 1.99. The smallest absolute Gasteiger partial charge is 0.249 e. The zero-order chi connectivity index (χ0) is 7.98. The van der Waals surface area contributed by atoms with Crippen molar-refractivity contribution in [1.82, 2.24) is 5.32 Å². The second-order valence-electron chi connectivity index (χ2n) is 2.23. The van der Waals surface area contributed by atoms with Crippen LogP contribution in [0.5, 0.6) is 0 Å². The molecule has 0 saturated carbocycles. The van der Waals surface area contributed by atoms with Crippen LogP contribution < -0.4 is 5.32 Å². The van der Waals surface area contributed by atoms with Crippen LogP contribution in [0.2, 0.25) is 0 Å². The SMILES string of the molecule is CCC(CC)NC(=O)C[O]. The first-order chi connectivity index (χ1) is 4.74. The summed E-state index contributed by atoms with van der Waals surface area (Å²) in [7, 11) is 0. The molecule has 10 heavy (non-hydrogen) atoms. The van der Waals surface area contributed by atoms with Gasteiger partial charge in [0.05, 0.1) is 0 Å². The molecule has 0 saturated heterocycles. The summed E-state index contributed by atoms with van der Waals surface area (Å²) < 4.78 is 0. The van der Waals surface area contributed by atoms with Crippen molar-refractivity contribution in [3.05, 3.63) is 0 Å². The summed E-state index contributed by atoms with van der Waals surface area (Å²) >= 11 is 0. The quantitative estimate of drug-likeness (QED) is 0.621. The molecule has 0 unspecified atom stereocenters. The lowest BCUT2D eigenvalue weighted by molar-refractivity contribution is -0.126. The molecule has 0 aromatic rings. The van der Waals surface area contributed by atoms with E-state index in [-0.39, 0.29) is 6.04 Å². The van der Waals surface area contributed by atoms with Crippen LogP contribution in [0.1, 0.15) is 26.7 Å². The van der Waals surface area contributed by atoms with Gasteiger partial charge in [-0.3, -0.25) is 4.79 Å². The van der Waals surface area contributed by atoms with Gasteiger partial charge in [-0.2, -0.15) is 0 Å². The van der Waals surface area contributed by atoms with Crippen molar-refractivity contribution in [3.8, 4) is 0 Å². The highest BCUT2D eigenvalue weighted by atomic mass is 16.3. The lowest BCUT2D eigenvalue weighted by Gasteiger charge is -2.12. The maximum Gasteiger partial charge on any atom is 0.249 e. The van der Waals surface area contributed by atoms with Gasteiger partial charge >= 0.3 is 0 Å². The van der Waals surface area contributed by atoms with Crippen LogP contribution in [-0.2, 0) is 9.90 Å². The fourth-order valence-corrected chi connectivity index (χ4v) is 0.762. The van der Waals surface area contributed by atoms with Crippen LogP contribution in [0.15, 0.2) is 0 Å². The third-order valence-corrected chi connectivity index (χ3v) is 1.48. The number of hydrogen-bond acceptors (Lipinski definition) is 1. The minimum atomic E-state index is -0.656. The average molecular weight is 144 g/mol. The number of carbonyl (C=O) groups is 1. The summed E-state index contributed by atoms with van der Waals surface area (Å²) in [5.74, 6) is -0.395. The molecular weight excluding hydrogens is 130 g/mol. The van der Waals surface area contributed by atoms with E-state index in [0.717, 1.165) is 12.8 Å². The number of nitrogens with one attached hydrogen (secondary N) is 1. The zero-order valence-electron chi connectivity index (χ0n) is 6.52. The normalized spacial score (nSPS) is 10.0. The number of carbonyl (C=O) groups excluding carboxylic acids is 1. The van der Waals surface area contributed by atoms with Gasteiger partial charge in [-0.1, -0.05) is 13.8 Å². The fourth-order valence-electron chi connectivity index (χ4n) is 0.762. The van der Waals surface area contributed by atoms with E-state index in [1.807, 2.05) is 13.8 Å². The molecule has 3 heteroatoms. The molecule has 0 rings (SSSR count). The highest BCUT2D eigenvalue weighted by Crippen LogP contribution is 1.94. The van der Waals surface area contributed by atoms with Crippen molar-refractivity contribution in [1.29, 1.82) is 0 Å². The summed E-state index contributed by atoms with van der Waals surface area (Å²) in [4.78, 5) is 10.5. The molecule has 0 aliphatic heterocycles. The molecule has 0 heterocycles. The van der Waals surface area contributed by atoms with Crippen LogP contribution in [-0.4, -0.2) is 18.6 Å². The lowest BCUT2D eigenvalue weighted by atomic mass is 10.2. The van der Waals surface area contributed by atoms with Crippen LogP contribution in [0.25, 0.3) is 0 Å². The summed E-state index contributed by atoms with van der Waals surface area (Å²) in [6, 6.07) is 0.182. The van der Waals surface area contributed by atoms with Gasteiger partial charge in [0.1, 0.15) is 0 Å². The van der Waals surface area contributed by atoms with E-state index in [1.54, 1.807) is 0 Å². The molecule has 1 N–H and O–H groups in total. The van der Waals surface area contributed by atoms with Gasteiger partial charge in [-0.05, 0) is 12.8 Å². The number of amides is 1. The molecule has 0 fully saturated rings. The Kier molecular flexibility index (Phi) is 4.94. The fraction of sp³-hybridized carbons (Fsp3) is 0.857. The van der Waals surface area contributed by atoms with Gasteiger partial charge in [-0.15, -0.1) is 0 Å². The maximum absolute atomic E-state index is 10.5. The first-order valence-corrected chi connectivity index (χ1v) is 3.62. The largest absolute Gasteiger partial charge is 0.351 e. The molecule has 0 atom stereocenters. The van der Waals surface area contributed by atoms with Gasteiger partial charge in [0.15, 0.2) is 6.61 Å². The molecule has 0 bridgehead atoms. The topological polar surface area (TPSA) is 49.0 Å². The van der Waals surface area contributed by atoms with E-state index >= 15 is 0 Å². The summed E-state index contributed by atoms with van der Waals surface area (Å²) in [6.45, 7) is 3.31. The lowest BCUT2D eigenvalue weighted by Crippen LogP contribution is -2.35. The molecule has 0 aromatic carbocycles. The van der Waals surface area contributed by atoms with Crippen LogP contribution >= 0.6 is 0 Å². The predicted octanol–water partition coefficient (Wildman–Crippen LogP) is 0.722. The molecule has 0 aliphatic rings. The molecule has 1 amide bonds. The monoisotopic (exact) mass is 144 g/mol. The van der Waals surface area contributed by atoms with E-state index in [9.17, 15) is 9.90 Å². The summed E-state index contributed by atoms with van der Waals surface area (Å²) in [5.41, 5.74) is 0. The van der Waals surface area contributed by atoms with Crippen molar-refractivity contribution in [2.75, 3.05) is 6.61 Å². The van der Waals surface area contributed by atoms with Crippen LogP contribution in [0, 0.1) is 0 Å². The molecular formula is C7H14NO2. The Labute approximate surface area is 61.4 Å². The first-order valence-electron chi connectivity index (χ1n) is 3.62. The Morgan fingerprint density at radius 1 is 1.40 bits per heavy atom. The van der Waals surface area contributed by atoms with Crippen molar-refractivity contribution >= 4 is 5.91 Å². The van der Waals surface area contributed by atoms with Gasteiger partial charge in [0, 0.05) is 6.04 Å². The first kappa shape index (κ1) is 9.43. The summed E-state index contributed by atoms with van der Waals surface area (Å²) in [5, 5.41) is 12.6. The molecule has 3 nitrogen and oxygen atoms in total. The Balaban J connectivity index is 3.52. The van der Waals surface area contributed by atoms with E-state index in [1.165, 1.54) is 0 Å². The van der Waals surface area contributed by atoms with Gasteiger partial charge < -0.3 is 5.32 Å². The third-order valence-electron chi connectivity index (χ3n) is 1.48. The maximum atomic E-state index is 10.5. The Morgan fingerprint density at radius 3 is 2.20 bits per heavy atom. The van der Waals surface area contributed by atoms with Crippen LogP contribution in [0.4, 0.5) is 0 Å². The van der Waals surface area contributed by atoms with E-state index in [4.69, 9.17) is 0 Å². The molecule has 0 spiro atoms.